The van der Waals surface area contributed by atoms with Gasteiger partial charge in [-0.05, 0) is 43.9 Å². The fraction of sp³-hybridized carbons (Fsp3) is 0.462. The molecule has 1 saturated heterocycles. The lowest BCUT2D eigenvalue weighted by Crippen LogP contribution is -2.42. The van der Waals surface area contributed by atoms with Crippen molar-refractivity contribution in [2.24, 2.45) is 0 Å². The lowest BCUT2D eigenvalue weighted by Gasteiger charge is -2.34. The van der Waals surface area contributed by atoms with Crippen LogP contribution < -0.4 is 4.90 Å². The smallest absolute Gasteiger partial charge is 0.414 e. The Hall–Kier alpha value is -2.90. The molecule has 1 amide bonds. The second-order valence-corrected chi connectivity index (χ2v) is 9.01. The van der Waals surface area contributed by atoms with E-state index in [4.69, 9.17) is 14.5 Å². The molecule has 0 bridgehead atoms. The standard InChI is InChI=1S/C26H32N4O3/c1-19-9-10-21-22(30(19)26(31)32-2)11-12-23-25(21)27-24(17-20-7-4-3-5-8-20)29(23)15-14-28-13-6-16-33-18-28/h3-5,7-8,11-12,19H,6,9-10,13-18H2,1-2H3/t19-/m0/s1. The molecule has 7 nitrogen and oxygen atoms in total. The molecule has 33 heavy (non-hydrogen) atoms. The van der Waals surface area contributed by atoms with Crippen LogP contribution in [0.4, 0.5) is 10.5 Å². The minimum Gasteiger partial charge on any atom is -0.452 e. The van der Waals surface area contributed by atoms with Crippen molar-refractivity contribution in [3.8, 4) is 0 Å². The van der Waals surface area contributed by atoms with E-state index in [0.717, 1.165) is 80.0 Å². The lowest BCUT2D eigenvalue weighted by atomic mass is 9.96. The van der Waals surface area contributed by atoms with Crippen molar-refractivity contribution in [3.05, 3.63) is 59.4 Å². The van der Waals surface area contributed by atoms with Crippen LogP contribution in [-0.4, -0.2) is 60.1 Å². The first kappa shape index (κ1) is 21.9. The summed E-state index contributed by atoms with van der Waals surface area (Å²) in [5.74, 6) is 1.06. The van der Waals surface area contributed by atoms with Gasteiger partial charge in [-0.3, -0.25) is 9.80 Å². The monoisotopic (exact) mass is 448 g/mol. The number of hydrogen-bond donors (Lipinski definition) is 0. The molecule has 2 aromatic carbocycles. The third-order valence-corrected chi connectivity index (χ3v) is 6.85. The molecule has 0 unspecified atom stereocenters. The highest BCUT2D eigenvalue weighted by molar-refractivity contribution is 5.95. The zero-order valence-electron chi connectivity index (χ0n) is 19.5. The van der Waals surface area contributed by atoms with E-state index < -0.39 is 0 Å². The van der Waals surface area contributed by atoms with Crippen LogP contribution in [0.3, 0.4) is 0 Å². The summed E-state index contributed by atoms with van der Waals surface area (Å²) < 4.78 is 13.1. The fourth-order valence-electron chi connectivity index (χ4n) is 5.08. The molecule has 2 aliphatic rings. The molecule has 0 N–H and O–H groups in total. The van der Waals surface area contributed by atoms with Gasteiger partial charge in [-0.15, -0.1) is 0 Å². The number of carbonyl (C=O) groups excluding carboxylic acids is 1. The van der Waals surface area contributed by atoms with Gasteiger partial charge in [-0.2, -0.15) is 0 Å². The highest BCUT2D eigenvalue weighted by Gasteiger charge is 2.31. The predicted molar refractivity (Wildman–Crippen MR) is 129 cm³/mol. The molecule has 0 radical (unpaired) electrons. The van der Waals surface area contributed by atoms with Gasteiger partial charge in [-0.1, -0.05) is 30.3 Å². The Kier molecular flexibility index (Phi) is 6.33. The van der Waals surface area contributed by atoms with Crippen molar-refractivity contribution in [1.29, 1.82) is 0 Å². The minimum atomic E-state index is -0.308. The Labute approximate surface area is 194 Å². The van der Waals surface area contributed by atoms with Crippen LogP contribution in [0.15, 0.2) is 42.5 Å². The van der Waals surface area contributed by atoms with Crippen molar-refractivity contribution in [3.63, 3.8) is 0 Å². The summed E-state index contributed by atoms with van der Waals surface area (Å²) in [5, 5.41) is 0. The van der Waals surface area contributed by atoms with Crippen LogP contribution >= 0.6 is 0 Å². The fourth-order valence-corrected chi connectivity index (χ4v) is 5.08. The molecule has 5 rings (SSSR count). The largest absolute Gasteiger partial charge is 0.452 e. The number of ether oxygens (including phenoxy) is 2. The number of methoxy groups -OCH3 is 1. The zero-order chi connectivity index (χ0) is 22.8. The summed E-state index contributed by atoms with van der Waals surface area (Å²) in [6.45, 7) is 6.48. The number of benzene rings is 2. The van der Waals surface area contributed by atoms with Crippen LogP contribution in [0.25, 0.3) is 11.0 Å². The highest BCUT2D eigenvalue weighted by Crippen LogP contribution is 2.36. The van der Waals surface area contributed by atoms with Crippen molar-refractivity contribution in [2.75, 3.05) is 38.4 Å². The third-order valence-electron chi connectivity index (χ3n) is 6.85. The maximum Gasteiger partial charge on any atom is 0.414 e. The van der Waals surface area contributed by atoms with Gasteiger partial charge in [0, 0.05) is 44.3 Å². The molecule has 1 fully saturated rings. The summed E-state index contributed by atoms with van der Waals surface area (Å²) in [6, 6.07) is 14.8. The molecule has 1 atom stereocenters. The molecule has 1 aromatic heterocycles. The van der Waals surface area contributed by atoms with Gasteiger partial charge < -0.3 is 14.0 Å². The maximum atomic E-state index is 12.5. The number of aryl methyl sites for hydroxylation is 1. The second kappa shape index (κ2) is 9.53. The number of hydrogen-bond acceptors (Lipinski definition) is 5. The van der Waals surface area contributed by atoms with Crippen molar-refractivity contribution >= 4 is 22.8 Å². The molecule has 0 saturated carbocycles. The van der Waals surface area contributed by atoms with Crippen molar-refractivity contribution < 1.29 is 14.3 Å². The number of imidazole rings is 1. The number of rotatable bonds is 5. The zero-order valence-corrected chi connectivity index (χ0v) is 19.5. The number of fused-ring (bicyclic) bond motifs is 3. The first-order chi connectivity index (χ1) is 16.2. The topological polar surface area (TPSA) is 59.8 Å². The Morgan fingerprint density at radius 2 is 2.03 bits per heavy atom. The SMILES string of the molecule is COC(=O)N1c2ccc3c(nc(Cc4ccccc4)n3CCN3CCCOC3)c2CC[C@@H]1C. The van der Waals surface area contributed by atoms with Crippen LogP contribution in [0.5, 0.6) is 0 Å². The number of anilines is 1. The summed E-state index contributed by atoms with van der Waals surface area (Å²) >= 11 is 0. The van der Waals surface area contributed by atoms with Crippen LogP contribution in [-0.2, 0) is 28.9 Å². The van der Waals surface area contributed by atoms with E-state index in [-0.39, 0.29) is 12.1 Å². The molecular weight excluding hydrogens is 416 g/mol. The van der Waals surface area contributed by atoms with Crippen molar-refractivity contribution in [2.45, 2.75) is 45.2 Å². The average Bonchev–Trinajstić information content (AvgIpc) is 3.20. The molecule has 7 heteroatoms. The Balaban J connectivity index is 1.55. The van der Waals surface area contributed by atoms with E-state index in [0.29, 0.717) is 6.73 Å². The molecule has 2 aliphatic heterocycles. The van der Waals surface area contributed by atoms with E-state index in [2.05, 4.69) is 52.8 Å². The van der Waals surface area contributed by atoms with E-state index in [1.54, 1.807) is 4.90 Å². The average molecular weight is 449 g/mol. The van der Waals surface area contributed by atoms with Gasteiger partial charge in [0.15, 0.2) is 0 Å². The summed E-state index contributed by atoms with van der Waals surface area (Å²) in [4.78, 5) is 21.8. The van der Waals surface area contributed by atoms with Crippen LogP contribution in [0.1, 0.15) is 36.7 Å². The van der Waals surface area contributed by atoms with Gasteiger partial charge in [-0.25, -0.2) is 9.78 Å². The van der Waals surface area contributed by atoms with Gasteiger partial charge in [0.05, 0.1) is 30.6 Å². The molecule has 174 valence electrons. The summed E-state index contributed by atoms with van der Waals surface area (Å²) in [7, 11) is 1.44. The molecule has 0 aliphatic carbocycles. The van der Waals surface area contributed by atoms with Gasteiger partial charge in [0.25, 0.3) is 0 Å². The number of amides is 1. The number of nitrogens with zero attached hydrogens (tertiary/aromatic N) is 4. The highest BCUT2D eigenvalue weighted by atomic mass is 16.5. The Bertz CT molecular complexity index is 1120. The Morgan fingerprint density at radius 3 is 2.79 bits per heavy atom. The third kappa shape index (κ3) is 4.35. The van der Waals surface area contributed by atoms with Gasteiger partial charge in [0.2, 0.25) is 0 Å². The van der Waals surface area contributed by atoms with E-state index in [1.807, 2.05) is 6.07 Å². The first-order valence-corrected chi connectivity index (χ1v) is 11.9. The van der Waals surface area contributed by atoms with E-state index in [9.17, 15) is 4.79 Å². The van der Waals surface area contributed by atoms with Crippen LogP contribution in [0.2, 0.25) is 0 Å². The normalized spacial score (nSPS) is 19.0. The number of aromatic nitrogens is 2. The predicted octanol–water partition coefficient (Wildman–Crippen LogP) is 4.21. The minimum absolute atomic E-state index is 0.104. The van der Waals surface area contributed by atoms with Crippen LogP contribution in [0, 0.1) is 0 Å². The number of carbonyl (C=O) groups is 1. The Morgan fingerprint density at radius 1 is 1.18 bits per heavy atom. The molecular formula is C26H32N4O3. The summed E-state index contributed by atoms with van der Waals surface area (Å²) in [5.41, 5.74) is 5.46. The van der Waals surface area contributed by atoms with Gasteiger partial charge >= 0.3 is 6.09 Å². The molecule has 3 aromatic rings. The second-order valence-electron chi connectivity index (χ2n) is 9.01. The molecule has 3 heterocycles. The van der Waals surface area contributed by atoms with E-state index >= 15 is 0 Å². The first-order valence-electron chi connectivity index (χ1n) is 11.9. The maximum absolute atomic E-state index is 12.5. The summed E-state index contributed by atoms with van der Waals surface area (Å²) in [6.07, 6.45) is 3.35. The van der Waals surface area contributed by atoms with Crippen molar-refractivity contribution in [1.82, 2.24) is 14.5 Å². The quantitative estimate of drug-likeness (QED) is 0.585. The molecule has 0 spiro atoms. The van der Waals surface area contributed by atoms with Gasteiger partial charge in [0.1, 0.15) is 5.82 Å². The lowest BCUT2D eigenvalue weighted by molar-refractivity contribution is -0.0145. The van der Waals surface area contributed by atoms with E-state index in [1.165, 1.54) is 12.7 Å².